The van der Waals surface area contributed by atoms with Crippen molar-refractivity contribution in [3.05, 3.63) is 98.4 Å². The van der Waals surface area contributed by atoms with Gasteiger partial charge in [0.1, 0.15) is 6.54 Å². The number of benzene rings is 3. The van der Waals surface area contributed by atoms with E-state index >= 15 is 0 Å². The number of nitrogens with one attached hydrogen (secondary N) is 1. The number of hydrogen-bond acceptors (Lipinski definition) is 6. The summed E-state index contributed by atoms with van der Waals surface area (Å²) in [6, 6.07) is 18.3. The molecular formula is C31H31Cl2N5O4. The van der Waals surface area contributed by atoms with Gasteiger partial charge in [0.05, 0.1) is 46.5 Å². The maximum atomic E-state index is 13.7. The zero-order chi connectivity index (χ0) is 29.8. The first kappa shape index (κ1) is 29.7. The summed E-state index contributed by atoms with van der Waals surface area (Å²) >= 11 is 12.4. The molecular weight excluding hydrogens is 577 g/mol. The minimum atomic E-state index is -0.407. The van der Waals surface area contributed by atoms with Gasteiger partial charge in [0.2, 0.25) is 5.91 Å². The first-order valence-electron chi connectivity index (χ1n) is 13.6. The summed E-state index contributed by atoms with van der Waals surface area (Å²) in [6.45, 7) is 3.20. The predicted molar refractivity (Wildman–Crippen MR) is 164 cm³/mol. The average molecular weight is 609 g/mol. The van der Waals surface area contributed by atoms with Gasteiger partial charge in [-0.05, 0) is 41.0 Å². The summed E-state index contributed by atoms with van der Waals surface area (Å²) in [7, 11) is 3.36. The Morgan fingerprint density at radius 1 is 1.02 bits per heavy atom. The van der Waals surface area contributed by atoms with Crippen molar-refractivity contribution in [3.63, 3.8) is 0 Å². The van der Waals surface area contributed by atoms with Gasteiger partial charge in [-0.2, -0.15) is 0 Å². The molecule has 11 heteroatoms. The maximum absolute atomic E-state index is 13.7. The molecule has 0 spiro atoms. The SMILES string of the molecule is CNC(=O)c1cccc(-c2ccc([C@H](CN3CCOCC3)N(C)C(=O)Cn3c(=O)cnc4cc(Cl)c(Cl)cc43)cc2)c1. The van der Waals surface area contributed by atoms with Gasteiger partial charge in [-0.15, -0.1) is 0 Å². The fourth-order valence-electron chi connectivity index (χ4n) is 5.10. The molecule has 2 heterocycles. The summed E-state index contributed by atoms with van der Waals surface area (Å²) in [5.41, 5.74) is 3.90. The number of amides is 2. The molecule has 4 aromatic rings. The van der Waals surface area contributed by atoms with E-state index in [4.69, 9.17) is 27.9 Å². The number of carbonyl (C=O) groups is 2. The van der Waals surface area contributed by atoms with Crippen LogP contribution < -0.4 is 10.9 Å². The molecule has 1 aliphatic rings. The molecule has 9 nitrogen and oxygen atoms in total. The summed E-state index contributed by atoms with van der Waals surface area (Å²) in [6.07, 6.45) is 1.18. The highest BCUT2D eigenvalue weighted by atomic mass is 35.5. The van der Waals surface area contributed by atoms with Crippen molar-refractivity contribution in [1.82, 2.24) is 24.7 Å². The molecule has 1 saturated heterocycles. The van der Waals surface area contributed by atoms with Gasteiger partial charge in [0, 0.05) is 39.3 Å². The Bertz CT molecular complexity index is 1670. The summed E-state index contributed by atoms with van der Waals surface area (Å²) in [5.74, 6) is -0.387. The second kappa shape index (κ2) is 13.0. The lowest BCUT2D eigenvalue weighted by Gasteiger charge is -2.35. The molecule has 1 aromatic heterocycles. The number of carbonyl (C=O) groups excluding carboxylic acids is 2. The van der Waals surface area contributed by atoms with Crippen molar-refractivity contribution in [2.45, 2.75) is 12.6 Å². The standard InChI is InChI=1S/C31H31Cl2N5O4/c1-34-31(41)23-5-3-4-22(14-23)20-6-8-21(9-7-20)28(18-37-10-12-42-13-11-37)36(2)30(40)19-38-27-16-25(33)24(32)15-26(27)35-17-29(38)39/h3-9,14-17,28H,10-13,18-19H2,1-2H3,(H,34,41)/t28-/m0/s1. The van der Waals surface area contributed by atoms with E-state index < -0.39 is 5.56 Å². The van der Waals surface area contributed by atoms with E-state index in [0.29, 0.717) is 41.4 Å². The van der Waals surface area contributed by atoms with Crippen LogP contribution in [0.2, 0.25) is 10.0 Å². The molecule has 1 fully saturated rings. The normalized spacial score (nSPS) is 14.5. The van der Waals surface area contributed by atoms with Crippen molar-refractivity contribution < 1.29 is 14.3 Å². The van der Waals surface area contributed by atoms with E-state index in [0.717, 1.165) is 29.8 Å². The Labute approximate surface area is 253 Å². The van der Waals surface area contributed by atoms with Crippen LogP contribution >= 0.6 is 23.2 Å². The lowest BCUT2D eigenvalue weighted by molar-refractivity contribution is -0.133. The van der Waals surface area contributed by atoms with E-state index in [1.165, 1.54) is 10.8 Å². The van der Waals surface area contributed by atoms with Crippen LogP contribution in [0.25, 0.3) is 22.2 Å². The lowest BCUT2D eigenvalue weighted by Crippen LogP contribution is -2.45. The van der Waals surface area contributed by atoms with E-state index in [2.05, 4.69) is 15.2 Å². The molecule has 1 N–H and O–H groups in total. The number of aromatic nitrogens is 2. The van der Waals surface area contributed by atoms with Crippen molar-refractivity contribution in [1.29, 1.82) is 0 Å². The van der Waals surface area contributed by atoms with E-state index in [-0.39, 0.29) is 29.4 Å². The van der Waals surface area contributed by atoms with Crippen LogP contribution in [0.1, 0.15) is 22.0 Å². The Kier molecular flexibility index (Phi) is 9.23. The van der Waals surface area contributed by atoms with Gasteiger partial charge in [-0.3, -0.25) is 23.9 Å². The summed E-state index contributed by atoms with van der Waals surface area (Å²) in [5, 5.41) is 3.25. The first-order chi connectivity index (χ1) is 20.2. The number of nitrogens with zero attached hydrogens (tertiary/aromatic N) is 4. The molecule has 0 saturated carbocycles. The van der Waals surface area contributed by atoms with Crippen molar-refractivity contribution in [2.24, 2.45) is 0 Å². The quantitative estimate of drug-likeness (QED) is 0.321. The van der Waals surface area contributed by atoms with E-state index in [9.17, 15) is 14.4 Å². The van der Waals surface area contributed by atoms with E-state index in [1.54, 1.807) is 37.2 Å². The van der Waals surface area contributed by atoms with Gasteiger partial charge in [-0.1, -0.05) is 59.6 Å². The molecule has 1 atom stereocenters. The number of fused-ring (bicyclic) bond motifs is 1. The number of likely N-dealkylation sites (N-methyl/N-ethyl adjacent to an activating group) is 1. The van der Waals surface area contributed by atoms with Crippen LogP contribution in [0.5, 0.6) is 0 Å². The van der Waals surface area contributed by atoms with Crippen LogP contribution in [0, 0.1) is 0 Å². The average Bonchev–Trinajstić information content (AvgIpc) is 3.02. The Morgan fingerprint density at radius 2 is 1.74 bits per heavy atom. The topological polar surface area (TPSA) is 96.8 Å². The van der Waals surface area contributed by atoms with Gasteiger partial charge in [0.25, 0.3) is 11.5 Å². The zero-order valence-corrected chi connectivity index (χ0v) is 24.9. The molecule has 5 rings (SSSR count). The zero-order valence-electron chi connectivity index (χ0n) is 23.3. The third kappa shape index (κ3) is 6.50. The van der Waals surface area contributed by atoms with Crippen molar-refractivity contribution in [2.75, 3.05) is 46.9 Å². The largest absolute Gasteiger partial charge is 0.379 e. The van der Waals surface area contributed by atoms with Gasteiger partial charge in [-0.25, -0.2) is 4.98 Å². The number of morpholine rings is 1. The third-order valence-corrected chi connectivity index (χ3v) is 8.28. The second-order valence-electron chi connectivity index (χ2n) is 10.2. The van der Waals surface area contributed by atoms with Crippen LogP contribution in [-0.4, -0.2) is 78.1 Å². The molecule has 1 aliphatic heterocycles. The maximum Gasteiger partial charge on any atom is 0.269 e. The van der Waals surface area contributed by atoms with Crippen LogP contribution in [-0.2, 0) is 16.1 Å². The molecule has 3 aromatic carbocycles. The van der Waals surface area contributed by atoms with Gasteiger partial charge < -0.3 is 15.0 Å². The Balaban J connectivity index is 1.44. The van der Waals surface area contributed by atoms with Crippen LogP contribution in [0.3, 0.4) is 0 Å². The van der Waals surface area contributed by atoms with Crippen LogP contribution in [0.4, 0.5) is 0 Å². The van der Waals surface area contributed by atoms with Gasteiger partial charge in [0.15, 0.2) is 0 Å². The van der Waals surface area contributed by atoms with Crippen LogP contribution in [0.15, 0.2) is 71.7 Å². The second-order valence-corrected chi connectivity index (χ2v) is 11.0. The minimum Gasteiger partial charge on any atom is -0.379 e. The fraction of sp³-hybridized carbons (Fsp3) is 0.290. The number of hydrogen-bond donors (Lipinski definition) is 1. The molecule has 0 bridgehead atoms. The molecule has 0 unspecified atom stereocenters. The monoisotopic (exact) mass is 607 g/mol. The predicted octanol–water partition coefficient (Wildman–Crippen LogP) is 4.26. The molecule has 42 heavy (non-hydrogen) atoms. The van der Waals surface area contributed by atoms with Crippen molar-refractivity contribution >= 4 is 46.0 Å². The highest BCUT2D eigenvalue weighted by Crippen LogP contribution is 2.28. The first-order valence-corrected chi connectivity index (χ1v) is 14.3. The summed E-state index contributed by atoms with van der Waals surface area (Å²) in [4.78, 5) is 46.8. The lowest BCUT2D eigenvalue weighted by atomic mass is 9.98. The third-order valence-electron chi connectivity index (χ3n) is 7.56. The highest BCUT2D eigenvalue weighted by Gasteiger charge is 2.26. The summed E-state index contributed by atoms with van der Waals surface area (Å²) < 4.78 is 6.90. The highest BCUT2D eigenvalue weighted by molar-refractivity contribution is 6.42. The Hall–Kier alpha value is -3.76. The number of rotatable bonds is 8. The molecule has 218 valence electrons. The molecule has 0 radical (unpaired) electrons. The van der Waals surface area contributed by atoms with E-state index in [1.807, 2.05) is 42.5 Å². The smallest absolute Gasteiger partial charge is 0.269 e. The Morgan fingerprint density at radius 3 is 2.45 bits per heavy atom. The van der Waals surface area contributed by atoms with Gasteiger partial charge >= 0.3 is 0 Å². The van der Waals surface area contributed by atoms with Crippen molar-refractivity contribution in [3.8, 4) is 11.1 Å². The number of ether oxygens (including phenoxy) is 1. The number of halogens is 2. The minimum absolute atomic E-state index is 0.148. The molecule has 2 amide bonds. The fourth-order valence-corrected chi connectivity index (χ4v) is 5.42. The molecule has 0 aliphatic carbocycles.